The zero-order valence-corrected chi connectivity index (χ0v) is 17.4. The van der Waals surface area contributed by atoms with Crippen LogP contribution in [0.3, 0.4) is 0 Å². The van der Waals surface area contributed by atoms with Gasteiger partial charge in [0.25, 0.3) is 10.1 Å². The lowest BCUT2D eigenvalue weighted by atomic mass is 10.0. The van der Waals surface area contributed by atoms with Crippen molar-refractivity contribution in [3.05, 3.63) is 0 Å². The lowest BCUT2D eigenvalue weighted by Crippen LogP contribution is -2.41. The van der Waals surface area contributed by atoms with Gasteiger partial charge >= 0.3 is 0 Å². The molecule has 0 amide bonds. The zero-order chi connectivity index (χ0) is 18.5. The summed E-state index contributed by atoms with van der Waals surface area (Å²) in [7, 11) is 0.475. The van der Waals surface area contributed by atoms with Crippen molar-refractivity contribution in [2.24, 2.45) is 5.92 Å². The molecule has 0 heterocycles. The van der Waals surface area contributed by atoms with Crippen LogP contribution in [0.5, 0.6) is 0 Å². The van der Waals surface area contributed by atoms with Crippen molar-refractivity contribution < 1.29 is 17.5 Å². The number of hydrogen-bond acceptors (Lipinski definition) is 2. The standard InChI is InChI=1S/C19H41NO3S/c1-19(2)15-12-10-8-6-5-7-9-11-13-16-20(3,4)17-14-18-24(21,22)23/h19H,5-18H2,1-4H3/p+1. The minimum atomic E-state index is -3.81. The van der Waals surface area contributed by atoms with Gasteiger partial charge in [0.15, 0.2) is 0 Å². The van der Waals surface area contributed by atoms with Crippen LogP contribution in [0.15, 0.2) is 0 Å². The summed E-state index contributed by atoms with van der Waals surface area (Å²) in [4.78, 5) is 0. The number of hydrogen-bond donors (Lipinski definition) is 1. The molecular weight excluding hydrogens is 322 g/mol. The molecule has 24 heavy (non-hydrogen) atoms. The maximum atomic E-state index is 10.7. The average molecular weight is 365 g/mol. The molecule has 0 spiro atoms. The third kappa shape index (κ3) is 18.2. The summed E-state index contributed by atoms with van der Waals surface area (Å²) in [5.41, 5.74) is 0. The summed E-state index contributed by atoms with van der Waals surface area (Å²) in [5, 5.41) is 0. The molecule has 0 unspecified atom stereocenters. The maximum Gasteiger partial charge on any atom is 0.265 e. The van der Waals surface area contributed by atoms with Crippen LogP contribution in [0, 0.1) is 5.92 Å². The summed E-state index contributed by atoms with van der Waals surface area (Å²) >= 11 is 0. The highest BCUT2D eigenvalue weighted by Gasteiger charge is 2.16. The van der Waals surface area contributed by atoms with E-state index in [4.69, 9.17) is 4.55 Å². The van der Waals surface area contributed by atoms with Crippen LogP contribution in [0.25, 0.3) is 0 Å². The van der Waals surface area contributed by atoms with Gasteiger partial charge < -0.3 is 4.48 Å². The zero-order valence-electron chi connectivity index (χ0n) is 16.6. The van der Waals surface area contributed by atoms with Crippen molar-refractivity contribution in [3.63, 3.8) is 0 Å². The topological polar surface area (TPSA) is 54.4 Å². The molecule has 0 rings (SSSR count). The molecule has 146 valence electrons. The Kier molecular flexibility index (Phi) is 13.1. The number of unbranched alkanes of at least 4 members (excludes halogenated alkanes) is 8. The van der Waals surface area contributed by atoms with Crippen LogP contribution in [0.1, 0.15) is 84.5 Å². The lowest BCUT2D eigenvalue weighted by molar-refractivity contribution is -0.890. The predicted molar refractivity (Wildman–Crippen MR) is 104 cm³/mol. The number of quaternary nitrogens is 1. The minimum Gasteiger partial charge on any atom is -0.328 e. The lowest BCUT2D eigenvalue weighted by Gasteiger charge is -2.29. The van der Waals surface area contributed by atoms with Crippen LogP contribution >= 0.6 is 0 Å². The highest BCUT2D eigenvalue weighted by molar-refractivity contribution is 7.85. The second kappa shape index (κ2) is 13.1. The molecule has 1 N–H and O–H groups in total. The molecule has 5 heteroatoms. The van der Waals surface area contributed by atoms with Crippen molar-refractivity contribution in [3.8, 4) is 0 Å². The average Bonchev–Trinajstić information content (AvgIpc) is 2.42. The summed E-state index contributed by atoms with van der Waals surface area (Å²) in [6.45, 7) is 6.49. The minimum absolute atomic E-state index is 0.119. The Balaban J connectivity index is 3.42. The van der Waals surface area contributed by atoms with E-state index >= 15 is 0 Å². The Labute approximate surface area is 151 Å². The second-order valence-corrected chi connectivity index (χ2v) is 9.96. The molecule has 0 atom stereocenters. The van der Waals surface area contributed by atoms with Gasteiger partial charge in [-0.25, -0.2) is 0 Å². The molecule has 0 saturated carbocycles. The molecule has 0 aliphatic rings. The quantitative estimate of drug-likeness (QED) is 0.241. The van der Waals surface area contributed by atoms with Gasteiger partial charge in [0.2, 0.25) is 0 Å². The molecule has 0 aromatic rings. The highest BCUT2D eigenvalue weighted by Crippen LogP contribution is 2.13. The van der Waals surface area contributed by atoms with E-state index in [2.05, 4.69) is 27.9 Å². The third-order valence-electron chi connectivity index (χ3n) is 4.71. The van der Waals surface area contributed by atoms with E-state index < -0.39 is 10.1 Å². The molecule has 0 bridgehead atoms. The predicted octanol–water partition coefficient (Wildman–Crippen LogP) is 4.90. The molecule has 0 aromatic carbocycles. The van der Waals surface area contributed by atoms with E-state index in [1.807, 2.05) is 0 Å². The Morgan fingerprint density at radius 3 is 1.62 bits per heavy atom. The summed E-state index contributed by atoms with van der Waals surface area (Å²) in [6.07, 6.45) is 14.0. The van der Waals surface area contributed by atoms with Gasteiger partial charge in [0.05, 0.1) is 32.9 Å². The van der Waals surface area contributed by atoms with Crippen LogP contribution in [-0.2, 0) is 10.1 Å². The van der Waals surface area contributed by atoms with E-state index in [-0.39, 0.29) is 5.75 Å². The molecule has 0 radical (unpaired) electrons. The van der Waals surface area contributed by atoms with E-state index in [9.17, 15) is 8.42 Å². The number of rotatable bonds is 16. The number of nitrogens with zero attached hydrogens (tertiary/aromatic N) is 1. The first-order chi connectivity index (χ1) is 11.1. The molecule has 0 aromatic heterocycles. The third-order valence-corrected chi connectivity index (χ3v) is 5.52. The van der Waals surface area contributed by atoms with Gasteiger partial charge in [-0.15, -0.1) is 0 Å². The molecule has 0 saturated heterocycles. The first-order valence-electron chi connectivity index (χ1n) is 9.89. The molecule has 0 aliphatic carbocycles. The Hall–Kier alpha value is -0.130. The Bertz CT molecular complexity index is 391. The van der Waals surface area contributed by atoms with Crippen molar-refractivity contribution in [1.29, 1.82) is 0 Å². The van der Waals surface area contributed by atoms with E-state index in [0.29, 0.717) is 6.42 Å². The van der Waals surface area contributed by atoms with Gasteiger partial charge in [0.1, 0.15) is 0 Å². The SMILES string of the molecule is CC(C)CCCCCCCCCCC[N+](C)(C)CCCS(=O)(=O)O. The Morgan fingerprint density at radius 2 is 1.17 bits per heavy atom. The first-order valence-corrected chi connectivity index (χ1v) is 11.5. The van der Waals surface area contributed by atoms with E-state index in [0.717, 1.165) is 23.5 Å². The van der Waals surface area contributed by atoms with Crippen molar-refractivity contribution in [2.45, 2.75) is 84.5 Å². The monoisotopic (exact) mass is 364 g/mol. The largest absolute Gasteiger partial charge is 0.328 e. The molecule has 0 aliphatic heterocycles. The van der Waals surface area contributed by atoms with E-state index in [1.165, 1.54) is 64.2 Å². The van der Waals surface area contributed by atoms with Gasteiger partial charge in [-0.1, -0.05) is 65.2 Å². The highest BCUT2D eigenvalue weighted by atomic mass is 32.2. The Morgan fingerprint density at radius 1 is 0.750 bits per heavy atom. The van der Waals surface area contributed by atoms with Crippen LogP contribution in [-0.4, -0.2) is 50.4 Å². The fraction of sp³-hybridized carbons (Fsp3) is 1.00. The van der Waals surface area contributed by atoms with Crippen molar-refractivity contribution in [2.75, 3.05) is 32.9 Å². The summed E-state index contributed by atoms with van der Waals surface area (Å²) in [5.74, 6) is 0.729. The fourth-order valence-corrected chi connectivity index (χ4v) is 3.61. The van der Waals surface area contributed by atoms with Crippen molar-refractivity contribution in [1.82, 2.24) is 0 Å². The summed E-state index contributed by atoms with van der Waals surface area (Å²) in [6, 6.07) is 0. The second-order valence-electron chi connectivity index (χ2n) is 8.39. The summed E-state index contributed by atoms with van der Waals surface area (Å²) < 4.78 is 31.1. The van der Waals surface area contributed by atoms with Crippen molar-refractivity contribution >= 4 is 10.1 Å². The molecular formula is C19H42NO3S+. The first kappa shape index (κ1) is 23.9. The smallest absolute Gasteiger partial charge is 0.265 e. The van der Waals surface area contributed by atoms with E-state index in [1.54, 1.807) is 0 Å². The van der Waals surface area contributed by atoms with Crippen LogP contribution in [0.4, 0.5) is 0 Å². The van der Waals surface area contributed by atoms with Gasteiger partial charge in [-0.3, -0.25) is 4.55 Å². The van der Waals surface area contributed by atoms with Gasteiger partial charge in [-0.05, 0) is 18.8 Å². The van der Waals surface area contributed by atoms with Crippen LogP contribution < -0.4 is 0 Å². The normalized spacial score (nSPS) is 12.9. The fourth-order valence-electron chi connectivity index (χ4n) is 3.12. The van der Waals surface area contributed by atoms with Gasteiger partial charge in [0, 0.05) is 6.42 Å². The molecule has 4 nitrogen and oxygen atoms in total. The molecule has 0 fully saturated rings. The maximum absolute atomic E-state index is 10.7. The van der Waals surface area contributed by atoms with Crippen LogP contribution in [0.2, 0.25) is 0 Å². The van der Waals surface area contributed by atoms with Gasteiger partial charge in [-0.2, -0.15) is 8.42 Å².